The van der Waals surface area contributed by atoms with Crippen LogP contribution in [0.25, 0.3) is 0 Å². The van der Waals surface area contributed by atoms with Crippen molar-refractivity contribution in [1.29, 1.82) is 0 Å². The highest BCUT2D eigenvalue weighted by molar-refractivity contribution is 5.78. The average Bonchev–Trinajstić information content (AvgIpc) is 3.36. The van der Waals surface area contributed by atoms with Crippen LogP contribution >= 0.6 is 0 Å². The summed E-state index contributed by atoms with van der Waals surface area (Å²) in [6.07, 6.45) is 16.9. The topological polar surface area (TPSA) is 46.6 Å². The van der Waals surface area contributed by atoms with Crippen molar-refractivity contribution in [3.05, 3.63) is 11.6 Å². The quantitative estimate of drug-likeness (QED) is 0.328. The number of carbonyl (C=O) groups is 2. The van der Waals surface area contributed by atoms with Gasteiger partial charge in [0.1, 0.15) is 6.10 Å². The van der Waals surface area contributed by atoms with Gasteiger partial charge in [-0.05, 0) is 105 Å². The highest BCUT2D eigenvalue weighted by Crippen LogP contribution is 2.67. The largest absolute Gasteiger partial charge is 0.462 e. The van der Waals surface area contributed by atoms with Gasteiger partial charge in [0, 0.05) is 32.9 Å². The summed E-state index contributed by atoms with van der Waals surface area (Å²) < 4.78 is 5.62. The Bertz CT molecular complexity index is 835. The van der Waals surface area contributed by atoms with E-state index >= 15 is 0 Å². The van der Waals surface area contributed by atoms with E-state index < -0.39 is 0 Å². The van der Waals surface area contributed by atoms with Crippen molar-refractivity contribution in [1.82, 2.24) is 4.90 Å². The molecule has 4 fully saturated rings. The van der Waals surface area contributed by atoms with Crippen LogP contribution in [-0.2, 0) is 14.3 Å². The highest BCUT2D eigenvalue weighted by Gasteiger charge is 2.59. The first-order valence-corrected chi connectivity index (χ1v) is 14.4. The van der Waals surface area contributed by atoms with E-state index in [-0.39, 0.29) is 12.1 Å². The van der Waals surface area contributed by atoms with Gasteiger partial charge in [-0.1, -0.05) is 32.4 Å². The molecule has 4 heteroatoms. The fourth-order valence-electron chi connectivity index (χ4n) is 9.68. The summed E-state index contributed by atoms with van der Waals surface area (Å²) in [6, 6.07) is 0. The molecule has 0 aromatic rings. The van der Waals surface area contributed by atoms with E-state index in [1.165, 1.54) is 51.4 Å². The minimum Gasteiger partial charge on any atom is -0.462 e. The van der Waals surface area contributed by atoms with E-state index in [1.54, 1.807) is 12.5 Å². The van der Waals surface area contributed by atoms with Crippen molar-refractivity contribution >= 4 is 11.9 Å². The van der Waals surface area contributed by atoms with Crippen molar-refractivity contribution in [3.63, 3.8) is 0 Å². The molecule has 34 heavy (non-hydrogen) atoms. The minimum atomic E-state index is -0.130. The van der Waals surface area contributed by atoms with Gasteiger partial charge in [0.15, 0.2) is 0 Å². The zero-order valence-corrected chi connectivity index (χ0v) is 22.1. The summed E-state index contributed by atoms with van der Waals surface area (Å²) in [5, 5.41) is 0. The molecule has 1 aliphatic heterocycles. The van der Waals surface area contributed by atoms with E-state index in [9.17, 15) is 9.59 Å². The number of esters is 1. The van der Waals surface area contributed by atoms with Crippen LogP contribution in [0.15, 0.2) is 11.6 Å². The fourth-order valence-corrected chi connectivity index (χ4v) is 9.68. The Morgan fingerprint density at radius 1 is 1.18 bits per heavy atom. The van der Waals surface area contributed by atoms with Crippen LogP contribution < -0.4 is 0 Å². The number of likely N-dealkylation sites (tertiary alicyclic amines) is 1. The normalized spacial score (nSPS) is 42.5. The number of amides is 1. The van der Waals surface area contributed by atoms with E-state index in [0.29, 0.717) is 16.7 Å². The van der Waals surface area contributed by atoms with Crippen LogP contribution in [0.3, 0.4) is 0 Å². The lowest BCUT2D eigenvalue weighted by Gasteiger charge is -2.58. The fraction of sp³-hybridized carbons (Fsp3) is 0.867. The first kappa shape index (κ1) is 24.4. The molecular weight excluding hydrogens is 422 g/mol. The first-order valence-electron chi connectivity index (χ1n) is 14.4. The number of rotatable bonds is 6. The molecule has 4 nitrogen and oxygen atoms in total. The van der Waals surface area contributed by atoms with Gasteiger partial charge in [-0.2, -0.15) is 0 Å². The average molecular weight is 470 g/mol. The third kappa shape index (κ3) is 4.15. The summed E-state index contributed by atoms with van der Waals surface area (Å²) in [4.78, 5) is 25.6. The predicted octanol–water partition coefficient (Wildman–Crippen LogP) is 6.54. The van der Waals surface area contributed by atoms with Gasteiger partial charge in [-0.15, -0.1) is 0 Å². The molecule has 190 valence electrons. The Morgan fingerprint density at radius 3 is 2.74 bits per heavy atom. The lowest BCUT2D eigenvalue weighted by molar-refractivity contribution is -0.148. The lowest BCUT2D eigenvalue weighted by Crippen LogP contribution is -2.51. The smallest absolute Gasteiger partial charge is 0.302 e. The molecule has 0 N–H and O–H groups in total. The molecule has 0 radical (unpaired) electrons. The van der Waals surface area contributed by atoms with Crippen molar-refractivity contribution < 1.29 is 14.3 Å². The molecule has 1 amide bonds. The molecule has 0 aromatic carbocycles. The van der Waals surface area contributed by atoms with Gasteiger partial charge >= 0.3 is 5.97 Å². The number of fused-ring (bicyclic) bond motifs is 5. The third-order valence-corrected chi connectivity index (χ3v) is 11.4. The first-order chi connectivity index (χ1) is 16.2. The van der Waals surface area contributed by atoms with Crippen LogP contribution in [0.5, 0.6) is 0 Å². The molecule has 0 aromatic heterocycles. The maximum absolute atomic E-state index is 12.0. The van der Waals surface area contributed by atoms with Crippen molar-refractivity contribution in [3.8, 4) is 0 Å². The van der Waals surface area contributed by atoms with E-state index in [0.717, 1.165) is 68.4 Å². The van der Waals surface area contributed by atoms with Gasteiger partial charge in [-0.25, -0.2) is 0 Å². The predicted molar refractivity (Wildman–Crippen MR) is 135 cm³/mol. The molecule has 0 bridgehead atoms. The number of ether oxygens (including phenoxy) is 1. The second kappa shape index (κ2) is 9.28. The molecule has 1 heterocycles. The molecule has 4 aliphatic carbocycles. The van der Waals surface area contributed by atoms with Gasteiger partial charge in [0.2, 0.25) is 5.91 Å². The molecule has 5 rings (SSSR count). The molecule has 3 saturated carbocycles. The SMILES string of the molecule is CC(=O)O[C@H]1CC[C@@]2(C)C(=CC[C@H]3[C@@H]4CC[C@H]([C@H](C)CCCN5CCCC5=O)[C@@]4(C)CC[C@@H]32)C1. The maximum Gasteiger partial charge on any atom is 0.302 e. The van der Waals surface area contributed by atoms with Crippen LogP contribution in [0.4, 0.5) is 0 Å². The van der Waals surface area contributed by atoms with E-state index in [1.807, 2.05) is 0 Å². The minimum absolute atomic E-state index is 0.0924. The van der Waals surface area contributed by atoms with Gasteiger partial charge < -0.3 is 9.64 Å². The van der Waals surface area contributed by atoms with Crippen LogP contribution in [0, 0.1) is 40.4 Å². The summed E-state index contributed by atoms with van der Waals surface area (Å²) in [7, 11) is 0. The zero-order chi connectivity index (χ0) is 24.1. The molecular formula is C30H47NO3. The molecule has 1 saturated heterocycles. The van der Waals surface area contributed by atoms with Gasteiger partial charge in [-0.3, -0.25) is 9.59 Å². The zero-order valence-electron chi connectivity index (χ0n) is 22.1. The van der Waals surface area contributed by atoms with Gasteiger partial charge in [0.25, 0.3) is 0 Å². The third-order valence-electron chi connectivity index (χ3n) is 11.4. The second-order valence-corrected chi connectivity index (χ2v) is 13.1. The van der Waals surface area contributed by atoms with Crippen LogP contribution in [-0.4, -0.2) is 36.0 Å². The Kier molecular flexibility index (Phi) is 6.66. The number of carbonyl (C=O) groups excluding carboxylic acids is 2. The molecule has 0 spiro atoms. The molecule has 8 atom stereocenters. The molecule has 5 aliphatic rings. The summed E-state index contributed by atoms with van der Waals surface area (Å²) in [5.74, 6) is 4.34. The lowest BCUT2D eigenvalue weighted by atomic mass is 9.47. The monoisotopic (exact) mass is 469 g/mol. The Labute approximate surface area is 207 Å². The van der Waals surface area contributed by atoms with Crippen molar-refractivity contribution in [2.24, 2.45) is 40.4 Å². The second-order valence-electron chi connectivity index (χ2n) is 13.1. The van der Waals surface area contributed by atoms with Crippen LogP contribution in [0.1, 0.15) is 105 Å². The summed E-state index contributed by atoms with van der Waals surface area (Å²) in [5.41, 5.74) is 2.39. The molecule has 0 unspecified atom stereocenters. The number of hydrogen-bond acceptors (Lipinski definition) is 3. The van der Waals surface area contributed by atoms with E-state index in [4.69, 9.17) is 4.74 Å². The summed E-state index contributed by atoms with van der Waals surface area (Å²) >= 11 is 0. The summed E-state index contributed by atoms with van der Waals surface area (Å²) in [6.45, 7) is 11.2. The Morgan fingerprint density at radius 2 is 2.00 bits per heavy atom. The Hall–Kier alpha value is -1.32. The van der Waals surface area contributed by atoms with Crippen molar-refractivity contribution in [2.75, 3.05) is 13.1 Å². The van der Waals surface area contributed by atoms with Crippen molar-refractivity contribution in [2.45, 2.75) is 111 Å². The van der Waals surface area contributed by atoms with Gasteiger partial charge in [0.05, 0.1) is 0 Å². The standard InChI is InChI=1S/C30H47NO3/c1-20(7-5-17-31-18-6-8-28(31)33)25-11-12-26-24-10-9-22-19-23(34-21(2)32)13-15-29(22,3)27(24)14-16-30(25,26)4/h9,20,23-27H,5-8,10-19H2,1-4H3/t20-,23+,24+,25-,26+,27+,29+,30-/m1/s1. The number of nitrogens with zero attached hydrogens (tertiary/aromatic N) is 1. The van der Waals surface area contributed by atoms with Crippen LogP contribution in [0.2, 0.25) is 0 Å². The maximum atomic E-state index is 12.0. The highest BCUT2D eigenvalue weighted by atomic mass is 16.5. The Balaban J connectivity index is 1.23. The number of allylic oxidation sites excluding steroid dienone is 1. The van der Waals surface area contributed by atoms with E-state index in [2.05, 4.69) is 31.7 Å². The number of hydrogen-bond donors (Lipinski definition) is 0.